The lowest BCUT2D eigenvalue weighted by atomic mass is 10.3. The van der Waals surface area contributed by atoms with Crippen LogP contribution in [0.15, 0.2) is 0 Å². The number of nitrogens with zero attached hydrogens (tertiary/aromatic N) is 4. The summed E-state index contributed by atoms with van der Waals surface area (Å²) in [5.74, 6) is 0.827. The summed E-state index contributed by atoms with van der Waals surface area (Å²) in [5.41, 5.74) is 0. The highest BCUT2D eigenvalue weighted by atomic mass is 15.6. The van der Waals surface area contributed by atoms with E-state index in [-0.39, 0.29) is 0 Å². The molecule has 5 nitrogen and oxygen atoms in total. The van der Waals surface area contributed by atoms with Crippen LogP contribution in [0.25, 0.3) is 0 Å². The molecule has 0 spiro atoms. The van der Waals surface area contributed by atoms with E-state index < -0.39 is 0 Å². The van der Waals surface area contributed by atoms with Crippen molar-refractivity contribution in [2.24, 2.45) is 7.05 Å². The van der Waals surface area contributed by atoms with Crippen molar-refractivity contribution in [1.82, 2.24) is 25.5 Å². The summed E-state index contributed by atoms with van der Waals surface area (Å²) in [6.07, 6.45) is 1.96. The van der Waals surface area contributed by atoms with E-state index in [0.29, 0.717) is 6.04 Å². The van der Waals surface area contributed by atoms with Crippen LogP contribution in [-0.4, -0.2) is 32.8 Å². The molecule has 5 heteroatoms. The Morgan fingerprint density at radius 1 is 1.46 bits per heavy atom. The van der Waals surface area contributed by atoms with Crippen LogP contribution in [-0.2, 0) is 13.5 Å². The summed E-state index contributed by atoms with van der Waals surface area (Å²) in [7, 11) is 1.78. The van der Waals surface area contributed by atoms with E-state index >= 15 is 0 Å². The van der Waals surface area contributed by atoms with Crippen molar-refractivity contribution in [2.75, 3.05) is 6.54 Å². The van der Waals surface area contributed by atoms with Gasteiger partial charge in [0.1, 0.15) is 0 Å². The molecule has 0 unspecified atom stereocenters. The van der Waals surface area contributed by atoms with Crippen molar-refractivity contribution in [1.29, 1.82) is 0 Å². The first-order valence-electron chi connectivity index (χ1n) is 4.64. The Hall–Kier alpha value is -0.970. The number of nitrogens with one attached hydrogen (secondary N) is 1. The van der Waals surface area contributed by atoms with Crippen molar-refractivity contribution < 1.29 is 0 Å². The highest BCUT2D eigenvalue weighted by Gasteiger charge is 1.99. The molecule has 0 saturated heterocycles. The minimum absolute atomic E-state index is 0.551. The zero-order valence-electron chi connectivity index (χ0n) is 8.49. The molecular formula is C8H17N5. The number of rotatable bonds is 5. The highest BCUT2D eigenvalue weighted by Crippen LogP contribution is 1.91. The molecule has 0 bridgehead atoms. The van der Waals surface area contributed by atoms with Gasteiger partial charge in [-0.2, -0.15) is 4.80 Å². The normalized spacial score (nSPS) is 11.1. The molecule has 0 atom stereocenters. The molecule has 0 fully saturated rings. The fraction of sp³-hybridized carbons (Fsp3) is 0.875. The summed E-state index contributed by atoms with van der Waals surface area (Å²) in [4.78, 5) is 1.49. The summed E-state index contributed by atoms with van der Waals surface area (Å²) < 4.78 is 0. The van der Waals surface area contributed by atoms with Gasteiger partial charge in [-0.1, -0.05) is 13.8 Å². The Bertz CT molecular complexity index is 242. The number of aromatic nitrogens is 4. The summed E-state index contributed by atoms with van der Waals surface area (Å²) in [6.45, 7) is 5.29. The topological polar surface area (TPSA) is 55.6 Å². The Morgan fingerprint density at radius 3 is 2.77 bits per heavy atom. The van der Waals surface area contributed by atoms with E-state index in [9.17, 15) is 0 Å². The molecule has 0 saturated carbocycles. The third-order valence-corrected chi connectivity index (χ3v) is 1.68. The van der Waals surface area contributed by atoms with Crippen LogP contribution in [0.2, 0.25) is 0 Å². The van der Waals surface area contributed by atoms with Crippen LogP contribution in [0.3, 0.4) is 0 Å². The minimum atomic E-state index is 0.551. The van der Waals surface area contributed by atoms with Crippen molar-refractivity contribution in [2.45, 2.75) is 32.7 Å². The number of tetrazole rings is 1. The molecule has 0 aliphatic heterocycles. The highest BCUT2D eigenvalue weighted by molar-refractivity contribution is 4.76. The predicted octanol–water partition coefficient (Wildman–Crippen LogP) is 0.141. The van der Waals surface area contributed by atoms with Crippen LogP contribution in [0, 0.1) is 0 Å². The second-order valence-electron chi connectivity index (χ2n) is 3.41. The van der Waals surface area contributed by atoms with Crippen molar-refractivity contribution in [3.63, 3.8) is 0 Å². The molecule has 1 aromatic rings. The molecule has 0 aliphatic carbocycles. The van der Waals surface area contributed by atoms with Gasteiger partial charge < -0.3 is 5.32 Å². The Labute approximate surface area is 78.5 Å². The zero-order valence-corrected chi connectivity index (χ0v) is 8.49. The Morgan fingerprint density at radius 2 is 2.23 bits per heavy atom. The van der Waals surface area contributed by atoms with Crippen LogP contribution in [0.5, 0.6) is 0 Å². The quantitative estimate of drug-likeness (QED) is 0.660. The third kappa shape index (κ3) is 3.98. The molecule has 0 aliphatic rings. The zero-order chi connectivity index (χ0) is 9.68. The fourth-order valence-corrected chi connectivity index (χ4v) is 1.06. The van der Waals surface area contributed by atoms with Gasteiger partial charge in [0.2, 0.25) is 0 Å². The van der Waals surface area contributed by atoms with Gasteiger partial charge in [-0.3, -0.25) is 0 Å². The second-order valence-corrected chi connectivity index (χ2v) is 3.41. The monoisotopic (exact) mass is 183 g/mol. The number of hydrogen-bond donors (Lipinski definition) is 1. The average Bonchev–Trinajstić information content (AvgIpc) is 2.45. The lowest BCUT2D eigenvalue weighted by Gasteiger charge is -2.05. The van der Waals surface area contributed by atoms with Crippen LogP contribution in [0.4, 0.5) is 0 Å². The van der Waals surface area contributed by atoms with Crippen molar-refractivity contribution >= 4 is 0 Å². The van der Waals surface area contributed by atoms with Gasteiger partial charge in [-0.05, 0) is 18.2 Å². The summed E-state index contributed by atoms with van der Waals surface area (Å²) >= 11 is 0. The van der Waals surface area contributed by atoms with Gasteiger partial charge in [-0.25, -0.2) is 0 Å². The van der Waals surface area contributed by atoms with E-state index in [2.05, 4.69) is 34.6 Å². The van der Waals surface area contributed by atoms with E-state index in [1.54, 1.807) is 7.05 Å². The van der Waals surface area contributed by atoms with Crippen LogP contribution >= 0.6 is 0 Å². The first kappa shape index (κ1) is 10.1. The van der Waals surface area contributed by atoms with E-state index in [0.717, 1.165) is 25.2 Å². The van der Waals surface area contributed by atoms with E-state index in [4.69, 9.17) is 0 Å². The first-order chi connectivity index (χ1) is 6.18. The molecule has 1 heterocycles. The van der Waals surface area contributed by atoms with Gasteiger partial charge in [0.25, 0.3) is 0 Å². The second kappa shape index (κ2) is 4.91. The smallest absolute Gasteiger partial charge is 0.174 e. The molecular weight excluding hydrogens is 166 g/mol. The maximum absolute atomic E-state index is 4.09. The molecule has 1 N–H and O–H groups in total. The van der Waals surface area contributed by atoms with Gasteiger partial charge in [0.15, 0.2) is 5.82 Å². The maximum atomic E-state index is 4.09. The lowest BCUT2D eigenvalue weighted by Crippen LogP contribution is -2.24. The predicted molar refractivity (Wildman–Crippen MR) is 50.3 cm³/mol. The van der Waals surface area contributed by atoms with E-state index in [1.165, 1.54) is 4.80 Å². The molecule has 1 rings (SSSR count). The van der Waals surface area contributed by atoms with Gasteiger partial charge >= 0.3 is 0 Å². The lowest BCUT2D eigenvalue weighted by molar-refractivity contribution is 0.564. The first-order valence-corrected chi connectivity index (χ1v) is 4.64. The number of aryl methyl sites for hydroxylation is 2. The van der Waals surface area contributed by atoms with Crippen molar-refractivity contribution in [3.8, 4) is 0 Å². The summed E-state index contributed by atoms with van der Waals surface area (Å²) in [6, 6.07) is 0.551. The van der Waals surface area contributed by atoms with Gasteiger partial charge in [0.05, 0.1) is 7.05 Å². The molecule has 74 valence electrons. The van der Waals surface area contributed by atoms with Gasteiger partial charge in [-0.15, -0.1) is 10.2 Å². The Kier molecular flexibility index (Phi) is 3.82. The molecule has 1 aromatic heterocycles. The SMILES string of the molecule is CC(C)NCCCc1nnn(C)n1. The molecule has 0 aromatic carbocycles. The van der Waals surface area contributed by atoms with Crippen molar-refractivity contribution in [3.05, 3.63) is 5.82 Å². The maximum Gasteiger partial charge on any atom is 0.174 e. The van der Waals surface area contributed by atoms with Gasteiger partial charge in [0, 0.05) is 12.5 Å². The number of hydrogen-bond acceptors (Lipinski definition) is 4. The van der Waals surface area contributed by atoms with E-state index in [1.807, 2.05) is 0 Å². The standard InChI is InChI=1S/C8H17N5/c1-7(2)9-6-4-5-8-10-12-13(3)11-8/h7,9H,4-6H2,1-3H3. The van der Waals surface area contributed by atoms with Crippen LogP contribution < -0.4 is 5.32 Å². The van der Waals surface area contributed by atoms with Crippen LogP contribution in [0.1, 0.15) is 26.1 Å². The molecule has 0 amide bonds. The molecule has 13 heavy (non-hydrogen) atoms. The minimum Gasteiger partial charge on any atom is -0.315 e. The average molecular weight is 183 g/mol. The summed E-state index contributed by atoms with van der Waals surface area (Å²) in [5, 5.41) is 15.1. The largest absolute Gasteiger partial charge is 0.315 e. The fourth-order valence-electron chi connectivity index (χ4n) is 1.06. The third-order valence-electron chi connectivity index (χ3n) is 1.68. The molecule has 0 radical (unpaired) electrons. The Balaban J connectivity index is 2.13.